The average molecular weight is 441 g/mol. The highest BCUT2D eigenvalue weighted by Gasteiger charge is 2.21. The average Bonchev–Trinajstić information content (AvgIpc) is 3.45. The molecule has 0 N–H and O–H groups in total. The Labute approximate surface area is 191 Å². The van der Waals surface area contributed by atoms with E-state index in [4.69, 9.17) is 9.47 Å². The van der Waals surface area contributed by atoms with Gasteiger partial charge in [0.15, 0.2) is 11.5 Å². The number of hydrogen-bond acceptors (Lipinski definition) is 5. The largest absolute Gasteiger partial charge is 0.490 e. The number of fused-ring (bicyclic) bond motifs is 1. The van der Waals surface area contributed by atoms with Crippen LogP contribution in [-0.2, 0) is 0 Å². The molecule has 2 aromatic rings. The van der Waals surface area contributed by atoms with Gasteiger partial charge in [-0.05, 0) is 68.9 Å². The van der Waals surface area contributed by atoms with Gasteiger partial charge in [0.1, 0.15) is 10.0 Å². The molecule has 5 heteroatoms. The number of aromatic nitrogens is 2. The molecule has 4 rings (SSSR count). The summed E-state index contributed by atoms with van der Waals surface area (Å²) in [6.45, 7) is 13.2. The van der Waals surface area contributed by atoms with Gasteiger partial charge >= 0.3 is 0 Å². The molecular formula is C26H36N2O2S. The van der Waals surface area contributed by atoms with Crippen LogP contribution in [0.1, 0.15) is 72.2 Å². The quantitative estimate of drug-likeness (QED) is 0.458. The van der Waals surface area contributed by atoms with Crippen LogP contribution in [0.3, 0.4) is 0 Å². The van der Waals surface area contributed by atoms with Crippen molar-refractivity contribution < 1.29 is 9.47 Å². The minimum absolute atomic E-state index is 0.598. The Morgan fingerprint density at radius 3 is 2.35 bits per heavy atom. The minimum Gasteiger partial charge on any atom is -0.490 e. The first-order chi connectivity index (χ1) is 15.3. The number of benzene rings is 1. The molecule has 168 valence electrons. The lowest BCUT2D eigenvalue weighted by molar-refractivity contribution is 0.288. The summed E-state index contributed by atoms with van der Waals surface area (Å²) in [5.41, 5.74) is 5.20. The molecule has 0 aliphatic heterocycles. The van der Waals surface area contributed by atoms with Crippen LogP contribution in [0.4, 0.5) is 0 Å². The van der Waals surface area contributed by atoms with Gasteiger partial charge in [-0.3, -0.25) is 0 Å². The Bertz CT molecular complexity index is 925. The fourth-order valence-corrected chi connectivity index (χ4v) is 4.52. The van der Waals surface area contributed by atoms with E-state index in [-0.39, 0.29) is 0 Å². The molecule has 0 atom stereocenters. The van der Waals surface area contributed by atoms with E-state index in [1.807, 2.05) is 59.7 Å². The fraction of sp³-hybridized carbons (Fsp3) is 0.462. The highest BCUT2D eigenvalue weighted by molar-refractivity contribution is 7.15. The monoisotopic (exact) mass is 440 g/mol. The van der Waals surface area contributed by atoms with Crippen molar-refractivity contribution in [3.63, 3.8) is 0 Å². The van der Waals surface area contributed by atoms with E-state index < -0.39 is 0 Å². The summed E-state index contributed by atoms with van der Waals surface area (Å²) in [5.74, 6) is 1.52. The molecular weight excluding hydrogens is 404 g/mol. The second kappa shape index (κ2) is 13.1. The molecule has 4 nitrogen and oxygen atoms in total. The van der Waals surface area contributed by atoms with Crippen molar-refractivity contribution in [2.75, 3.05) is 13.2 Å². The Morgan fingerprint density at radius 2 is 1.61 bits per heavy atom. The number of hydrogen-bond donors (Lipinski definition) is 0. The van der Waals surface area contributed by atoms with E-state index in [2.05, 4.69) is 28.4 Å². The lowest BCUT2D eigenvalue weighted by atomic mass is 10.0. The van der Waals surface area contributed by atoms with E-state index in [1.165, 1.54) is 29.6 Å². The van der Waals surface area contributed by atoms with E-state index >= 15 is 0 Å². The van der Waals surface area contributed by atoms with Gasteiger partial charge in [0.2, 0.25) is 0 Å². The minimum atomic E-state index is 0.598. The maximum atomic E-state index is 5.75. The predicted octanol–water partition coefficient (Wildman–Crippen LogP) is 7.88. The molecule has 1 heterocycles. The first kappa shape index (κ1) is 24.9. The molecule has 31 heavy (non-hydrogen) atoms. The molecule has 2 aliphatic carbocycles. The Balaban J connectivity index is 0.000000807. The standard InChI is InChI=1S/C22H24N2O2S.2C2H6/c1-3-25-19-13-12-16(14-20(19)26-4-2)21-23-24-22(27-21)18-10-6-5-8-15-9-7-11-17(15)18;2*1-2/h6,8,10,12-14H,3-5,7,9,11H2,1-2H3;2*1-2H3. The summed E-state index contributed by atoms with van der Waals surface area (Å²) < 4.78 is 11.4. The van der Waals surface area contributed by atoms with Crippen LogP contribution < -0.4 is 9.47 Å². The van der Waals surface area contributed by atoms with Gasteiger partial charge in [0, 0.05) is 11.1 Å². The lowest BCUT2D eigenvalue weighted by Crippen LogP contribution is -1.98. The van der Waals surface area contributed by atoms with Gasteiger partial charge in [-0.1, -0.05) is 57.3 Å². The van der Waals surface area contributed by atoms with Crippen molar-refractivity contribution in [3.8, 4) is 22.1 Å². The summed E-state index contributed by atoms with van der Waals surface area (Å²) in [6.07, 6.45) is 11.4. The van der Waals surface area contributed by atoms with E-state index in [1.54, 1.807) is 11.3 Å². The van der Waals surface area contributed by atoms with Gasteiger partial charge in [-0.25, -0.2) is 0 Å². The molecule has 0 bridgehead atoms. The zero-order valence-corrected chi connectivity index (χ0v) is 20.6. The first-order valence-corrected chi connectivity index (χ1v) is 12.4. The van der Waals surface area contributed by atoms with Gasteiger partial charge in [0.05, 0.1) is 13.2 Å². The van der Waals surface area contributed by atoms with E-state index in [0.29, 0.717) is 13.2 Å². The third kappa shape index (κ3) is 6.07. The fourth-order valence-electron chi connectivity index (χ4n) is 3.63. The van der Waals surface area contributed by atoms with Crippen LogP contribution in [0.5, 0.6) is 11.5 Å². The molecule has 2 aliphatic rings. The number of nitrogens with zero attached hydrogens (tertiary/aromatic N) is 2. The van der Waals surface area contributed by atoms with Gasteiger partial charge in [0.25, 0.3) is 0 Å². The van der Waals surface area contributed by atoms with Gasteiger partial charge in [-0.15, -0.1) is 10.2 Å². The SMILES string of the molecule is CC.CC.CCOc1ccc(-c2nnc(C3=C4CCCC4=CCC=C3)s2)cc1OCC. The molecule has 0 radical (unpaired) electrons. The maximum absolute atomic E-state index is 5.75. The molecule has 0 spiro atoms. The van der Waals surface area contributed by atoms with Gasteiger partial charge < -0.3 is 9.47 Å². The third-order valence-corrected chi connectivity index (χ3v) is 5.82. The number of rotatable bonds is 6. The normalized spacial score (nSPS) is 14.5. The number of allylic oxidation sites excluding steroid dienone is 6. The zero-order valence-electron chi connectivity index (χ0n) is 19.8. The highest BCUT2D eigenvalue weighted by atomic mass is 32.1. The first-order valence-electron chi connectivity index (χ1n) is 11.6. The summed E-state index contributed by atoms with van der Waals surface area (Å²) >= 11 is 1.64. The molecule has 1 aromatic heterocycles. The van der Waals surface area contributed by atoms with Crippen LogP contribution >= 0.6 is 11.3 Å². The van der Waals surface area contributed by atoms with Crippen LogP contribution in [0.2, 0.25) is 0 Å². The Kier molecular flexibility index (Phi) is 10.5. The Morgan fingerprint density at radius 1 is 0.903 bits per heavy atom. The van der Waals surface area contributed by atoms with Crippen molar-refractivity contribution in [2.24, 2.45) is 0 Å². The van der Waals surface area contributed by atoms with Crippen molar-refractivity contribution >= 4 is 16.9 Å². The summed E-state index contributed by atoms with van der Waals surface area (Å²) in [4.78, 5) is 0. The molecule has 1 aromatic carbocycles. The molecule has 1 saturated carbocycles. The smallest absolute Gasteiger partial charge is 0.161 e. The maximum Gasteiger partial charge on any atom is 0.161 e. The topological polar surface area (TPSA) is 44.2 Å². The van der Waals surface area contributed by atoms with Crippen LogP contribution in [0.25, 0.3) is 16.1 Å². The molecule has 0 amide bonds. The van der Waals surface area contributed by atoms with E-state index in [9.17, 15) is 0 Å². The van der Waals surface area contributed by atoms with Crippen LogP contribution in [0, 0.1) is 0 Å². The van der Waals surface area contributed by atoms with Crippen molar-refractivity contribution in [1.29, 1.82) is 0 Å². The molecule has 1 fully saturated rings. The van der Waals surface area contributed by atoms with Crippen LogP contribution in [-0.4, -0.2) is 23.4 Å². The van der Waals surface area contributed by atoms with Crippen molar-refractivity contribution in [2.45, 2.75) is 67.2 Å². The number of ether oxygens (including phenoxy) is 2. The van der Waals surface area contributed by atoms with Crippen molar-refractivity contribution in [1.82, 2.24) is 10.2 Å². The zero-order chi connectivity index (χ0) is 22.6. The highest BCUT2D eigenvalue weighted by Crippen LogP contribution is 2.41. The Hall–Kier alpha value is -2.40. The molecule has 0 unspecified atom stereocenters. The second-order valence-corrected chi connectivity index (χ2v) is 7.53. The van der Waals surface area contributed by atoms with Crippen LogP contribution in [0.15, 0.2) is 47.6 Å². The third-order valence-electron chi connectivity index (χ3n) is 4.82. The van der Waals surface area contributed by atoms with Gasteiger partial charge in [-0.2, -0.15) is 0 Å². The van der Waals surface area contributed by atoms with E-state index in [0.717, 1.165) is 39.9 Å². The second-order valence-electron chi connectivity index (χ2n) is 6.55. The summed E-state index contributed by atoms with van der Waals surface area (Å²) in [6, 6.07) is 5.98. The predicted molar refractivity (Wildman–Crippen MR) is 133 cm³/mol. The van der Waals surface area contributed by atoms with Crippen molar-refractivity contribution in [3.05, 3.63) is 52.6 Å². The molecule has 0 saturated heterocycles. The summed E-state index contributed by atoms with van der Waals surface area (Å²) in [5, 5.41) is 10.9. The lowest BCUT2D eigenvalue weighted by Gasteiger charge is -2.11. The summed E-state index contributed by atoms with van der Waals surface area (Å²) in [7, 11) is 0.